The minimum atomic E-state index is 0.123. The van der Waals surface area contributed by atoms with Gasteiger partial charge in [0, 0.05) is 23.9 Å². The van der Waals surface area contributed by atoms with E-state index in [1.165, 1.54) is 15.0 Å². The summed E-state index contributed by atoms with van der Waals surface area (Å²) in [5, 5.41) is 12.6. The van der Waals surface area contributed by atoms with Gasteiger partial charge in [-0.05, 0) is 46.5 Å². The van der Waals surface area contributed by atoms with Crippen molar-refractivity contribution in [1.29, 1.82) is 0 Å². The van der Waals surface area contributed by atoms with Crippen LogP contribution in [0, 0.1) is 3.57 Å². The number of rotatable bonds is 2. The minimum absolute atomic E-state index is 0.123. The van der Waals surface area contributed by atoms with E-state index in [2.05, 4.69) is 46.4 Å². The fraction of sp³-hybridized carbons (Fsp3) is 0.200. The fourth-order valence-corrected chi connectivity index (χ4v) is 4.02. The van der Waals surface area contributed by atoms with Crippen LogP contribution >= 0.6 is 45.7 Å². The van der Waals surface area contributed by atoms with E-state index in [-0.39, 0.29) is 6.61 Å². The highest BCUT2D eigenvalue weighted by Crippen LogP contribution is 2.34. The summed E-state index contributed by atoms with van der Waals surface area (Å²) in [6.45, 7) is 0.123. The quantitative estimate of drug-likeness (QED) is 0.666. The zero-order chi connectivity index (χ0) is 10.1. The summed E-state index contributed by atoms with van der Waals surface area (Å²) in [5.41, 5.74) is 1.02. The van der Waals surface area contributed by atoms with Gasteiger partial charge < -0.3 is 5.11 Å². The van der Waals surface area contributed by atoms with Crippen LogP contribution < -0.4 is 0 Å². The van der Waals surface area contributed by atoms with Crippen LogP contribution in [-0.2, 0) is 6.61 Å². The molecule has 1 aromatic carbocycles. The largest absolute Gasteiger partial charge is 0.392 e. The third-order valence-corrected chi connectivity index (χ3v) is 4.97. The van der Waals surface area contributed by atoms with Gasteiger partial charge in [0.15, 0.2) is 0 Å². The Bertz CT molecular complexity index is 464. The van der Waals surface area contributed by atoms with Gasteiger partial charge in [0.25, 0.3) is 0 Å². The number of fused-ring (bicyclic) bond motifs is 1. The Hall–Kier alpha value is 0.220. The van der Waals surface area contributed by atoms with E-state index in [9.17, 15) is 5.11 Å². The molecule has 0 atom stereocenters. The maximum atomic E-state index is 9.17. The molecule has 0 aliphatic rings. The van der Waals surface area contributed by atoms with Gasteiger partial charge in [-0.3, -0.25) is 0 Å². The summed E-state index contributed by atoms with van der Waals surface area (Å²) in [6, 6.07) is 4.24. The first-order chi connectivity index (χ1) is 6.76. The van der Waals surface area contributed by atoms with Crippen LogP contribution in [0.15, 0.2) is 22.4 Å². The van der Waals surface area contributed by atoms with E-state index in [4.69, 9.17) is 0 Å². The lowest BCUT2D eigenvalue weighted by atomic mass is 10.2. The number of hydrogen-bond donors (Lipinski definition) is 1. The molecule has 0 saturated heterocycles. The minimum Gasteiger partial charge on any atom is -0.392 e. The molecule has 0 unspecified atom stereocenters. The predicted octanol–water partition coefficient (Wildman–Crippen LogP) is 3.72. The van der Waals surface area contributed by atoms with Gasteiger partial charge >= 0.3 is 0 Å². The molecule has 1 aromatic heterocycles. The number of thiophene rings is 1. The van der Waals surface area contributed by atoms with Crippen molar-refractivity contribution in [1.82, 2.24) is 0 Å². The molecule has 0 amide bonds. The highest BCUT2D eigenvalue weighted by molar-refractivity contribution is 14.1. The first-order valence-corrected chi connectivity index (χ1v) is 7.29. The Labute approximate surface area is 105 Å². The second kappa shape index (κ2) is 4.38. The second-order valence-corrected chi connectivity index (χ2v) is 5.82. The molecule has 1 N–H and O–H groups in total. The van der Waals surface area contributed by atoms with Crippen LogP contribution in [0.25, 0.3) is 10.1 Å². The van der Waals surface area contributed by atoms with Crippen molar-refractivity contribution in [3.8, 4) is 0 Å². The van der Waals surface area contributed by atoms with Crippen molar-refractivity contribution in [3.05, 3.63) is 26.6 Å². The standard InChI is InChI=1S/C10H9IOS2/c1-13-10-5-14-9-3-8(11)6(4-12)2-7(9)10/h2-3,5,12H,4H2,1H3. The summed E-state index contributed by atoms with van der Waals surface area (Å²) in [4.78, 5) is 1.30. The van der Waals surface area contributed by atoms with Gasteiger partial charge in [0.1, 0.15) is 0 Å². The SMILES string of the molecule is CSc1csc2cc(I)c(CO)cc12. The molecule has 0 aliphatic carbocycles. The predicted molar refractivity (Wildman–Crippen MR) is 72.2 cm³/mol. The molecule has 0 aliphatic heterocycles. The molecule has 1 heterocycles. The second-order valence-electron chi connectivity index (χ2n) is 2.90. The van der Waals surface area contributed by atoms with Crippen LogP contribution in [0.4, 0.5) is 0 Å². The van der Waals surface area contributed by atoms with E-state index < -0.39 is 0 Å². The Morgan fingerprint density at radius 3 is 2.93 bits per heavy atom. The lowest BCUT2D eigenvalue weighted by molar-refractivity contribution is 0.281. The van der Waals surface area contributed by atoms with Crippen LogP contribution in [0.3, 0.4) is 0 Å². The number of halogens is 1. The molecular formula is C10H9IOS2. The van der Waals surface area contributed by atoms with Crippen molar-refractivity contribution in [3.63, 3.8) is 0 Å². The molecule has 0 radical (unpaired) electrons. The van der Waals surface area contributed by atoms with Gasteiger partial charge in [-0.25, -0.2) is 0 Å². The molecule has 0 spiro atoms. The molecule has 1 nitrogen and oxygen atoms in total. The van der Waals surface area contributed by atoms with Crippen molar-refractivity contribution in [2.75, 3.05) is 6.26 Å². The topological polar surface area (TPSA) is 20.2 Å². The molecule has 14 heavy (non-hydrogen) atoms. The van der Waals surface area contributed by atoms with E-state index in [0.717, 1.165) is 9.13 Å². The molecule has 0 saturated carbocycles. The summed E-state index contributed by atoms with van der Waals surface area (Å²) < 4.78 is 2.45. The summed E-state index contributed by atoms with van der Waals surface area (Å²) >= 11 is 5.79. The zero-order valence-corrected chi connectivity index (χ0v) is 11.4. The van der Waals surface area contributed by atoms with Crippen LogP contribution in [0.5, 0.6) is 0 Å². The number of aliphatic hydroxyl groups is 1. The van der Waals surface area contributed by atoms with Gasteiger partial charge in [0.2, 0.25) is 0 Å². The van der Waals surface area contributed by atoms with Crippen LogP contribution in [0.1, 0.15) is 5.56 Å². The Morgan fingerprint density at radius 2 is 2.29 bits per heavy atom. The molecule has 2 aromatic rings. The Morgan fingerprint density at radius 1 is 1.50 bits per heavy atom. The fourth-order valence-electron chi connectivity index (χ4n) is 1.35. The number of hydrogen-bond acceptors (Lipinski definition) is 3. The van der Waals surface area contributed by atoms with E-state index in [1.54, 1.807) is 23.1 Å². The lowest BCUT2D eigenvalue weighted by Gasteiger charge is -2.01. The van der Waals surface area contributed by atoms with Gasteiger partial charge in [-0.1, -0.05) is 0 Å². The van der Waals surface area contributed by atoms with Crippen LogP contribution in [0.2, 0.25) is 0 Å². The first kappa shape index (κ1) is 10.7. The van der Waals surface area contributed by atoms with Crippen molar-refractivity contribution < 1.29 is 5.11 Å². The molecular weight excluding hydrogens is 327 g/mol. The average molecular weight is 336 g/mol. The molecule has 4 heteroatoms. The number of thioether (sulfide) groups is 1. The maximum Gasteiger partial charge on any atom is 0.0692 e. The van der Waals surface area contributed by atoms with Crippen molar-refractivity contribution in [2.45, 2.75) is 11.5 Å². The Balaban J connectivity index is 2.70. The summed E-state index contributed by atoms with van der Waals surface area (Å²) in [6.07, 6.45) is 2.08. The van der Waals surface area contributed by atoms with E-state index in [1.807, 2.05) is 0 Å². The highest BCUT2D eigenvalue weighted by Gasteiger charge is 2.06. The third kappa shape index (κ3) is 1.80. The normalized spacial score (nSPS) is 11.1. The molecule has 0 bridgehead atoms. The van der Waals surface area contributed by atoms with E-state index >= 15 is 0 Å². The zero-order valence-electron chi connectivity index (χ0n) is 7.58. The highest BCUT2D eigenvalue weighted by atomic mass is 127. The smallest absolute Gasteiger partial charge is 0.0692 e. The number of benzene rings is 1. The van der Waals surface area contributed by atoms with E-state index in [0.29, 0.717) is 0 Å². The van der Waals surface area contributed by atoms with Crippen LogP contribution in [-0.4, -0.2) is 11.4 Å². The first-order valence-electron chi connectivity index (χ1n) is 4.10. The van der Waals surface area contributed by atoms with Crippen molar-refractivity contribution in [2.24, 2.45) is 0 Å². The average Bonchev–Trinajstić information content (AvgIpc) is 2.58. The molecule has 0 fully saturated rings. The third-order valence-electron chi connectivity index (χ3n) is 2.10. The monoisotopic (exact) mass is 336 g/mol. The summed E-state index contributed by atoms with van der Waals surface area (Å²) in [7, 11) is 0. The lowest BCUT2D eigenvalue weighted by Crippen LogP contribution is -1.87. The van der Waals surface area contributed by atoms with Crippen molar-refractivity contribution >= 4 is 55.8 Å². The summed E-state index contributed by atoms with van der Waals surface area (Å²) in [5.74, 6) is 0. The Kier molecular flexibility index (Phi) is 3.36. The van der Waals surface area contributed by atoms with Gasteiger partial charge in [-0.2, -0.15) is 0 Å². The molecule has 2 rings (SSSR count). The van der Waals surface area contributed by atoms with Gasteiger partial charge in [-0.15, -0.1) is 23.1 Å². The molecule has 74 valence electrons. The number of aliphatic hydroxyl groups excluding tert-OH is 1. The maximum absolute atomic E-state index is 9.17. The van der Waals surface area contributed by atoms with Gasteiger partial charge in [0.05, 0.1) is 6.61 Å².